The molecular formula is C25H26ClN9O. The van der Waals surface area contributed by atoms with Crippen molar-refractivity contribution in [2.45, 2.75) is 13.1 Å². The molecule has 6 rings (SSSR count). The third kappa shape index (κ3) is 3.85. The van der Waals surface area contributed by atoms with Crippen LogP contribution in [0.1, 0.15) is 17.0 Å². The number of nitrogens with zero attached hydrogens (tertiary/aromatic N) is 9. The second-order valence-electron chi connectivity index (χ2n) is 10.2. The van der Waals surface area contributed by atoms with Gasteiger partial charge in [0, 0.05) is 63.5 Å². The lowest BCUT2D eigenvalue weighted by atomic mass is 9.73. The molecule has 36 heavy (non-hydrogen) atoms. The van der Waals surface area contributed by atoms with E-state index in [0.717, 1.165) is 55.0 Å². The van der Waals surface area contributed by atoms with Crippen LogP contribution in [0.4, 0.5) is 11.8 Å². The summed E-state index contributed by atoms with van der Waals surface area (Å²) in [5.41, 5.74) is 2.86. The Morgan fingerprint density at radius 1 is 1.11 bits per heavy atom. The zero-order valence-electron chi connectivity index (χ0n) is 20.2. The molecule has 10 nitrogen and oxygen atoms in total. The molecule has 3 aromatic rings. The Kier molecular flexibility index (Phi) is 5.35. The van der Waals surface area contributed by atoms with Gasteiger partial charge in [-0.1, -0.05) is 11.6 Å². The normalized spacial score (nSPS) is 17.9. The monoisotopic (exact) mass is 503 g/mol. The number of aromatic nitrogens is 4. The van der Waals surface area contributed by atoms with Crippen molar-refractivity contribution in [1.29, 1.82) is 5.26 Å². The van der Waals surface area contributed by atoms with E-state index < -0.39 is 0 Å². The highest BCUT2D eigenvalue weighted by Gasteiger charge is 2.53. The van der Waals surface area contributed by atoms with Crippen LogP contribution >= 0.6 is 11.6 Å². The molecule has 0 atom stereocenters. The zero-order valence-corrected chi connectivity index (χ0v) is 21.0. The summed E-state index contributed by atoms with van der Waals surface area (Å²) in [6, 6.07) is 11.6. The number of anilines is 2. The van der Waals surface area contributed by atoms with Gasteiger partial charge in [0.15, 0.2) is 5.82 Å². The number of nitriles is 1. The molecule has 3 aliphatic rings. The van der Waals surface area contributed by atoms with Gasteiger partial charge in [0.1, 0.15) is 5.82 Å². The average Bonchev–Trinajstić information content (AvgIpc) is 3.13. The van der Waals surface area contributed by atoms with Crippen molar-refractivity contribution in [1.82, 2.24) is 29.5 Å². The summed E-state index contributed by atoms with van der Waals surface area (Å²) in [6.07, 6.45) is 1.69. The number of hydrogen-bond acceptors (Lipinski definition) is 8. The van der Waals surface area contributed by atoms with E-state index in [4.69, 9.17) is 11.6 Å². The highest BCUT2D eigenvalue weighted by molar-refractivity contribution is 6.30. The largest absolute Gasteiger partial charge is 0.355 e. The molecule has 1 spiro atoms. The summed E-state index contributed by atoms with van der Waals surface area (Å²) in [4.78, 5) is 25.1. The smallest absolute Gasteiger partial charge is 0.236 e. The van der Waals surface area contributed by atoms with Crippen molar-refractivity contribution in [3.8, 4) is 11.8 Å². The van der Waals surface area contributed by atoms with Crippen molar-refractivity contribution in [2.24, 2.45) is 5.41 Å². The molecule has 11 heteroatoms. The third-order valence-electron chi connectivity index (χ3n) is 7.20. The molecule has 5 heterocycles. The number of fused-ring (bicyclic) bond motifs is 3. The number of benzene rings is 1. The molecule has 2 aromatic heterocycles. The minimum atomic E-state index is 0.0424. The number of halogens is 1. The first kappa shape index (κ1) is 22.8. The molecule has 0 bridgehead atoms. The van der Waals surface area contributed by atoms with E-state index in [1.807, 2.05) is 24.3 Å². The number of hydrogen-bond donors (Lipinski definition) is 0. The third-order valence-corrected chi connectivity index (χ3v) is 7.43. The molecule has 0 aliphatic carbocycles. The van der Waals surface area contributed by atoms with Crippen molar-refractivity contribution in [3.05, 3.63) is 58.5 Å². The fraction of sp³-hybridized carbons (Fsp3) is 0.400. The molecular weight excluding hydrogens is 478 g/mol. The first-order valence-electron chi connectivity index (χ1n) is 11.9. The van der Waals surface area contributed by atoms with E-state index in [0.29, 0.717) is 30.2 Å². The van der Waals surface area contributed by atoms with Crippen LogP contribution in [0.3, 0.4) is 0 Å². The molecule has 1 aromatic carbocycles. The van der Waals surface area contributed by atoms with E-state index in [-0.39, 0.29) is 11.3 Å². The Bertz CT molecular complexity index is 1380. The van der Waals surface area contributed by atoms with Gasteiger partial charge in [-0.3, -0.25) is 14.3 Å². The summed E-state index contributed by atoms with van der Waals surface area (Å²) in [7, 11) is 3.53. The number of likely N-dealkylation sites (N-methyl/N-ethyl adjacent to an activating group) is 1. The average molecular weight is 504 g/mol. The van der Waals surface area contributed by atoms with Crippen LogP contribution in [-0.4, -0.2) is 82.3 Å². The maximum atomic E-state index is 12.4. The van der Waals surface area contributed by atoms with Gasteiger partial charge in [0.05, 0.1) is 30.4 Å². The van der Waals surface area contributed by atoms with Crippen LogP contribution < -0.4 is 9.80 Å². The minimum absolute atomic E-state index is 0.0424. The first-order chi connectivity index (χ1) is 17.3. The fourth-order valence-corrected chi connectivity index (χ4v) is 5.59. The fourth-order valence-electron chi connectivity index (χ4n) is 5.39. The van der Waals surface area contributed by atoms with Gasteiger partial charge in [-0.15, -0.1) is 10.2 Å². The lowest BCUT2D eigenvalue weighted by Gasteiger charge is -2.60. The minimum Gasteiger partial charge on any atom is -0.355 e. The Morgan fingerprint density at radius 3 is 2.64 bits per heavy atom. The quantitative estimate of drug-likeness (QED) is 0.532. The van der Waals surface area contributed by atoms with Gasteiger partial charge in [-0.2, -0.15) is 5.26 Å². The van der Waals surface area contributed by atoms with Gasteiger partial charge in [0.25, 0.3) is 0 Å². The van der Waals surface area contributed by atoms with Gasteiger partial charge in [0.2, 0.25) is 11.9 Å². The number of rotatable bonds is 4. The second kappa shape index (κ2) is 8.47. The van der Waals surface area contributed by atoms with E-state index in [9.17, 15) is 10.1 Å². The van der Waals surface area contributed by atoms with Gasteiger partial charge >= 0.3 is 0 Å². The highest BCUT2D eigenvalue weighted by atomic mass is 35.5. The summed E-state index contributed by atoms with van der Waals surface area (Å²) < 4.78 is 2.12. The molecule has 2 saturated heterocycles. The van der Waals surface area contributed by atoms with E-state index in [1.54, 1.807) is 31.3 Å². The van der Waals surface area contributed by atoms with Crippen LogP contribution in [-0.2, 0) is 17.9 Å². The number of pyridine rings is 1. The highest BCUT2D eigenvalue weighted by Crippen LogP contribution is 2.44. The number of carbonyl (C=O) groups is 1. The van der Waals surface area contributed by atoms with Crippen molar-refractivity contribution < 1.29 is 4.79 Å². The molecule has 1 amide bonds. The SMILES string of the molecule is CN(C)C(=O)CN1Cc2cc(Cl)ccc2-n2c(nnc2N2CC3(CN(c4cc(C#N)ccn4)C3)C2)C1. The van der Waals surface area contributed by atoms with Crippen molar-refractivity contribution in [3.63, 3.8) is 0 Å². The van der Waals surface area contributed by atoms with Gasteiger partial charge in [-0.05, 0) is 35.9 Å². The van der Waals surface area contributed by atoms with Crippen LogP contribution in [0.5, 0.6) is 0 Å². The van der Waals surface area contributed by atoms with E-state index in [1.165, 1.54) is 0 Å². The Labute approximate surface area is 214 Å². The zero-order chi connectivity index (χ0) is 25.0. The Hall–Kier alpha value is -3.68. The van der Waals surface area contributed by atoms with Gasteiger partial charge in [-0.25, -0.2) is 4.98 Å². The van der Waals surface area contributed by atoms with E-state index in [2.05, 4.69) is 40.5 Å². The van der Waals surface area contributed by atoms with Crippen LogP contribution in [0.15, 0.2) is 36.5 Å². The molecule has 0 radical (unpaired) electrons. The molecule has 0 unspecified atom stereocenters. The standard InChI is InChI=1S/C25H26ClN9O/c1-31(2)23(36)12-32-10-18-8-19(26)3-4-20(18)35-22(11-32)29-30-24(35)34-15-25(16-34)13-33(14-25)21-7-17(9-27)5-6-28-21/h3-8H,10-16H2,1-2H3. The summed E-state index contributed by atoms with van der Waals surface area (Å²) >= 11 is 6.35. The first-order valence-corrected chi connectivity index (χ1v) is 12.2. The molecule has 3 aliphatic heterocycles. The lowest BCUT2D eigenvalue weighted by molar-refractivity contribution is -0.130. The second-order valence-corrected chi connectivity index (χ2v) is 10.6. The maximum absolute atomic E-state index is 12.4. The number of amides is 1. The predicted octanol–water partition coefficient (Wildman–Crippen LogP) is 1.92. The topological polar surface area (TPSA) is 97.4 Å². The van der Waals surface area contributed by atoms with Crippen molar-refractivity contribution >= 4 is 29.3 Å². The Morgan fingerprint density at radius 2 is 1.89 bits per heavy atom. The molecule has 0 saturated carbocycles. The van der Waals surface area contributed by atoms with Gasteiger partial charge < -0.3 is 14.7 Å². The molecule has 0 N–H and O–H groups in total. The molecule has 2 fully saturated rings. The van der Waals surface area contributed by atoms with Crippen LogP contribution in [0.25, 0.3) is 5.69 Å². The number of carbonyl (C=O) groups excluding carboxylic acids is 1. The maximum Gasteiger partial charge on any atom is 0.236 e. The van der Waals surface area contributed by atoms with E-state index >= 15 is 0 Å². The van der Waals surface area contributed by atoms with Crippen LogP contribution in [0, 0.1) is 16.7 Å². The predicted molar refractivity (Wildman–Crippen MR) is 135 cm³/mol. The summed E-state index contributed by atoms with van der Waals surface area (Å²) in [5, 5.41) is 19.0. The summed E-state index contributed by atoms with van der Waals surface area (Å²) in [5.74, 6) is 2.53. The summed E-state index contributed by atoms with van der Waals surface area (Å²) in [6.45, 7) is 4.98. The molecule has 184 valence electrons. The van der Waals surface area contributed by atoms with Crippen LogP contribution in [0.2, 0.25) is 5.02 Å². The Balaban J connectivity index is 1.22. The lowest BCUT2D eigenvalue weighted by Crippen LogP contribution is -2.73. The van der Waals surface area contributed by atoms with Crippen molar-refractivity contribution in [2.75, 3.05) is 56.6 Å².